The molecule has 11 nitrogen and oxygen atoms in total. The van der Waals surface area contributed by atoms with E-state index in [-0.39, 0.29) is 36.4 Å². The van der Waals surface area contributed by atoms with Crippen LogP contribution in [0.15, 0.2) is 71.5 Å². The number of rotatable bonds is 12. The molecule has 1 aliphatic heterocycles. The highest BCUT2D eigenvalue weighted by Crippen LogP contribution is 2.41. The van der Waals surface area contributed by atoms with E-state index in [1.165, 1.54) is 0 Å². The van der Waals surface area contributed by atoms with Gasteiger partial charge in [0.25, 0.3) is 5.56 Å². The summed E-state index contributed by atoms with van der Waals surface area (Å²) in [5.74, 6) is -2.52. The molecule has 1 saturated heterocycles. The normalized spacial score (nSPS) is 19.2. The van der Waals surface area contributed by atoms with Crippen LogP contribution in [0.2, 0.25) is 25.7 Å². The molecule has 4 aromatic rings. The van der Waals surface area contributed by atoms with Gasteiger partial charge in [-0.2, -0.15) is 13.2 Å². The van der Waals surface area contributed by atoms with Gasteiger partial charge in [-0.05, 0) is 85.0 Å². The van der Waals surface area contributed by atoms with Gasteiger partial charge in [-0.15, -0.1) is 5.10 Å². The Labute approximate surface area is 298 Å². The molecule has 1 aromatic heterocycles. The molecule has 15 heteroatoms. The maximum Gasteiger partial charge on any atom is 0.416 e. The zero-order chi connectivity index (χ0) is 37.2. The number of fused-ring (bicyclic) bond motifs is 1. The fraction of sp³-hybridized carbons (Fsp3) is 0.405. The molecule has 2 aliphatic rings. The van der Waals surface area contributed by atoms with E-state index in [1.807, 2.05) is 24.3 Å². The van der Waals surface area contributed by atoms with Gasteiger partial charge in [-0.25, -0.2) is 9.48 Å². The van der Waals surface area contributed by atoms with E-state index in [0.717, 1.165) is 34.5 Å². The highest BCUT2D eigenvalue weighted by atomic mass is 28.3. The van der Waals surface area contributed by atoms with E-state index in [2.05, 4.69) is 30.0 Å². The molecular weight excluding hydrogens is 698 g/mol. The fourth-order valence-corrected chi connectivity index (χ4v) is 7.34. The van der Waals surface area contributed by atoms with Crippen LogP contribution in [-0.4, -0.2) is 60.7 Å². The Morgan fingerprint density at radius 2 is 1.77 bits per heavy atom. The molecule has 3 aromatic carbocycles. The van der Waals surface area contributed by atoms with Crippen molar-refractivity contribution < 1.29 is 41.8 Å². The number of alkyl halides is 3. The smallest absolute Gasteiger partial charge is 0.416 e. The van der Waals surface area contributed by atoms with Crippen LogP contribution in [0.1, 0.15) is 34.3 Å². The minimum Gasteiger partial charge on any atom is -0.489 e. The summed E-state index contributed by atoms with van der Waals surface area (Å²) >= 11 is 0. The first-order valence-corrected chi connectivity index (χ1v) is 20.8. The number of carbonyl (C=O) groups excluding carboxylic acids is 3. The molecule has 0 radical (unpaired) electrons. The van der Waals surface area contributed by atoms with Crippen molar-refractivity contribution in [1.29, 1.82) is 0 Å². The predicted octanol–water partition coefficient (Wildman–Crippen LogP) is 6.75. The van der Waals surface area contributed by atoms with Gasteiger partial charge >= 0.3 is 18.2 Å². The SMILES string of the molecule is C[Si](C)(C)CCOC(=O)[C@H]1[C@H](Cn2nnc3ccc(C(F)(F)F)cc3c2=O)CC[C@@H]1C(=O)c1ccc(OCc2cccc(N3CCOC3=O)c2)cc1. The second-order valence-corrected chi connectivity index (χ2v) is 20.0. The van der Waals surface area contributed by atoms with Gasteiger partial charge in [0.15, 0.2) is 5.78 Å². The number of Topliss-reactive ketones (excluding diaryl/α,β-unsaturated/α-hetero) is 1. The Morgan fingerprint density at radius 1 is 1.00 bits per heavy atom. The molecular formula is C37H39F3N4O7Si. The molecule has 52 heavy (non-hydrogen) atoms. The number of nitrogens with zero attached hydrogens (tertiary/aromatic N) is 4. The number of carbonyl (C=O) groups is 3. The Balaban J connectivity index is 1.18. The van der Waals surface area contributed by atoms with Crippen molar-refractivity contribution in [2.75, 3.05) is 24.7 Å². The maximum atomic E-state index is 14.0. The molecule has 1 saturated carbocycles. The van der Waals surface area contributed by atoms with Crippen LogP contribution < -0.4 is 15.2 Å². The van der Waals surface area contributed by atoms with Gasteiger partial charge in [0, 0.05) is 25.2 Å². The van der Waals surface area contributed by atoms with Crippen LogP contribution in [0.25, 0.3) is 10.9 Å². The summed E-state index contributed by atoms with van der Waals surface area (Å²) in [4.78, 5) is 54.5. The summed E-state index contributed by atoms with van der Waals surface area (Å²) in [5, 5.41) is 7.68. The third kappa shape index (κ3) is 8.35. The highest BCUT2D eigenvalue weighted by Gasteiger charge is 2.46. The first-order valence-electron chi connectivity index (χ1n) is 17.1. The van der Waals surface area contributed by atoms with Crippen molar-refractivity contribution in [1.82, 2.24) is 15.0 Å². The van der Waals surface area contributed by atoms with Crippen molar-refractivity contribution in [2.45, 2.75) is 57.9 Å². The number of esters is 1. The number of ether oxygens (including phenoxy) is 3. The monoisotopic (exact) mass is 736 g/mol. The fourth-order valence-electron chi connectivity index (χ4n) is 6.62. The summed E-state index contributed by atoms with van der Waals surface area (Å²) in [7, 11) is -1.55. The maximum absolute atomic E-state index is 14.0. The molecule has 0 unspecified atom stereocenters. The van der Waals surface area contributed by atoms with Crippen molar-refractivity contribution in [3.63, 3.8) is 0 Å². The first kappa shape index (κ1) is 36.7. The average molecular weight is 737 g/mol. The van der Waals surface area contributed by atoms with Gasteiger partial charge < -0.3 is 14.2 Å². The number of cyclic esters (lactones) is 1. The summed E-state index contributed by atoms with van der Waals surface area (Å²) < 4.78 is 57.9. The second-order valence-electron chi connectivity index (χ2n) is 14.4. The Kier molecular flexibility index (Phi) is 10.5. The van der Waals surface area contributed by atoms with Crippen molar-refractivity contribution in [3.05, 3.63) is 93.8 Å². The topological polar surface area (TPSA) is 130 Å². The molecule has 3 atom stereocenters. The summed E-state index contributed by atoms with van der Waals surface area (Å²) in [6, 6.07) is 17.4. The number of hydrogen-bond donors (Lipinski definition) is 0. The lowest BCUT2D eigenvalue weighted by atomic mass is 9.84. The van der Waals surface area contributed by atoms with Crippen LogP contribution in [0.3, 0.4) is 0 Å². The Morgan fingerprint density at radius 3 is 2.46 bits per heavy atom. The summed E-state index contributed by atoms with van der Waals surface area (Å²) in [5.41, 5.74) is 0.184. The molecule has 274 valence electrons. The van der Waals surface area contributed by atoms with Crippen molar-refractivity contribution in [3.8, 4) is 5.75 Å². The lowest BCUT2D eigenvalue weighted by Crippen LogP contribution is -2.36. The first-order chi connectivity index (χ1) is 24.7. The number of anilines is 1. The van der Waals surface area contributed by atoms with E-state index in [0.29, 0.717) is 43.0 Å². The molecule has 1 aliphatic carbocycles. The minimum atomic E-state index is -4.65. The minimum absolute atomic E-state index is 0.0191. The molecule has 0 N–H and O–H groups in total. The van der Waals surface area contributed by atoms with Gasteiger partial charge in [-0.1, -0.05) is 37.0 Å². The third-order valence-electron chi connectivity index (χ3n) is 9.48. The molecule has 0 spiro atoms. The number of halogens is 3. The number of aromatic nitrogens is 3. The van der Waals surface area contributed by atoms with Gasteiger partial charge in [0.05, 0.1) is 36.6 Å². The molecule has 2 heterocycles. The molecule has 2 fully saturated rings. The van der Waals surface area contributed by atoms with E-state index < -0.39 is 55.2 Å². The van der Waals surface area contributed by atoms with Crippen LogP contribution >= 0.6 is 0 Å². The van der Waals surface area contributed by atoms with Crippen LogP contribution in [0.5, 0.6) is 5.75 Å². The standard InChI is InChI=1S/C37H39F3N4O7Si/c1-52(2,3)18-17-49-35(47)32-25(21-44-34(46)30-20-26(37(38,39)40)10-14-31(30)41-42-44)9-13-29(32)33(45)24-7-11-28(12-8-24)51-22-23-5-4-6-27(19-23)43-15-16-50-36(43)48/h4-8,10-12,14,19-20,25,29,32H,9,13,15-18,21-22H2,1-3H3/t25-,29-,32-/m0/s1. The van der Waals surface area contributed by atoms with Crippen molar-refractivity contribution >= 4 is 42.5 Å². The van der Waals surface area contributed by atoms with Crippen LogP contribution in [0, 0.1) is 17.8 Å². The van der Waals surface area contributed by atoms with E-state index in [1.54, 1.807) is 29.2 Å². The van der Waals surface area contributed by atoms with Gasteiger partial charge in [0.2, 0.25) is 0 Å². The van der Waals surface area contributed by atoms with Crippen LogP contribution in [0.4, 0.5) is 23.7 Å². The Hall–Kier alpha value is -5.05. The summed E-state index contributed by atoms with van der Waals surface area (Å²) in [6.45, 7) is 7.55. The highest BCUT2D eigenvalue weighted by molar-refractivity contribution is 6.76. The number of ketones is 1. The second kappa shape index (κ2) is 14.9. The van der Waals surface area contributed by atoms with Crippen LogP contribution in [-0.2, 0) is 33.6 Å². The predicted molar refractivity (Wildman–Crippen MR) is 188 cm³/mol. The number of hydrogen-bond acceptors (Lipinski definition) is 9. The van der Waals surface area contributed by atoms with Gasteiger partial charge in [-0.3, -0.25) is 19.3 Å². The van der Waals surface area contributed by atoms with Gasteiger partial charge in [0.1, 0.15) is 24.5 Å². The average Bonchev–Trinajstić information content (AvgIpc) is 3.73. The largest absolute Gasteiger partial charge is 0.489 e. The summed E-state index contributed by atoms with van der Waals surface area (Å²) in [6.07, 6.45) is -4.33. The zero-order valence-corrected chi connectivity index (χ0v) is 30.0. The van der Waals surface area contributed by atoms with E-state index in [4.69, 9.17) is 14.2 Å². The Bertz CT molecular complexity index is 2030. The lowest BCUT2D eigenvalue weighted by Gasteiger charge is -2.24. The molecule has 6 rings (SSSR count). The zero-order valence-electron chi connectivity index (χ0n) is 29.0. The van der Waals surface area contributed by atoms with Crippen molar-refractivity contribution in [2.24, 2.45) is 17.8 Å². The molecule has 0 bridgehead atoms. The number of amides is 1. The number of benzene rings is 3. The third-order valence-corrected chi connectivity index (χ3v) is 11.2. The quantitative estimate of drug-likeness (QED) is 0.0881. The lowest BCUT2D eigenvalue weighted by molar-refractivity contribution is -0.150. The van der Waals surface area contributed by atoms with E-state index >= 15 is 0 Å². The molecule has 1 amide bonds. The van der Waals surface area contributed by atoms with E-state index in [9.17, 15) is 32.3 Å².